The predicted octanol–water partition coefficient (Wildman–Crippen LogP) is 3.83. The van der Waals surface area contributed by atoms with Gasteiger partial charge >= 0.3 is 5.97 Å². The Kier molecular flexibility index (Phi) is 10.4. The highest BCUT2D eigenvalue weighted by molar-refractivity contribution is 8.82. The lowest BCUT2D eigenvalue weighted by Crippen LogP contribution is -2.05. The number of carboxylic acids is 1. The third-order valence-electron chi connectivity index (χ3n) is 2.37. The fourth-order valence-corrected chi connectivity index (χ4v) is 4.82. The van der Waals surface area contributed by atoms with Crippen LogP contribution in [-0.2, 0) is 9.36 Å². The number of nitrogens with one attached hydrogen (secondary N) is 1. The maximum atomic E-state index is 11.7. The summed E-state index contributed by atoms with van der Waals surface area (Å²) in [6.45, 7) is 3.94. The Labute approximate surface area is 128 Å². The van der Waals surface area contributed by atoms with Gasteiger partial charge in [-0.3, -0.25) is 14.8 Å². The smallest absolute Gasteiger partial charge is 0.303 e. The maximum Gasteiger partial charge on any atom is 0.303 e. The first-order valence-corrected chi connectivity index (χ1v) is 10.6. The monoisotopic (exact) mass is 339 g/mol. The first-order valence-electron chi connectivity index (χ1n) is 6.38. The summed E-state index contributed by atoms with van der Waals surface area (Å²) in [6.07, 6.45) is 4.78. The van der Waals surface area contributed by atoms with Crippen molar-refractivity contribution in [2.75, 3.05) is 12.3 Å². The minimum Gasteiger partial charge on any atom is -0.481 e. The largest absolute Gasteiger partial charge is 0.481 e. The minimum atomic E-state index is -3.34. The van der Waals surface area contributed by atoms with Crippen molar-refractivity contribution in [1.82, 2.24) is 0 Å². The summed E-state index contributed by atoms with van der Waals surface area (Å²) in [5.74, 6) is -1.05. The molecule has 3 N–H and O–H groups in total. The number of hydrogen-bond donors (Lipinski definition) is 3. The lowest BCUT2D eigenvalue weighted by atomic mass is 10.4. The molecule has 0 aromatic heterocycles. The highest BCUT2D eigenvalue weighted by Crippen LogP contribution is 2.43. The molecular formula is C12H22NO4PS2. The maximum absolute atomic E-state index is 11.7. The van der Waals surface area contributed by atoms with Crippen LogP contribution in [0.2, 0.25) is 0 Å². The zero-order valence-corrected chi connectivity index (χ0v) is 14.3. The zero-order chi connectivity index (χ0) is 15.6. The van der Waals surface area contributed by atoms with Crippen LogP contribution in [0.4, 0.5) is 0 Å². The number of rotatable bonds is 10. The molecule has 0 radical (unpaired) electrons. The van der Waals surface area contributed by atoms with Gasteiger partial charge in [-0.2, -0.15) is 0 Å². The molecule has 0 fully saturated rings. The fourth-order valence-electron chi connectivity index (χ4n) is 1.20. The second-order valence-corrected chi connectivity index (χ2v) is 9.66. The van der Waals surface area contributed by atoms with Gasteiger partial charge in [-0.15, -0.1) is 0 Å². The molecule has 0 spiro atoms. The van der Waals surface area contributed by atoms with Crippen LogP contribution in [0.1, 0.15) is 33.1 Å². The average Bonchev–Trinajstić information content (AvgIpc) is 2.38. The number of hydrogen-bond acceptors (Lipinski definition) is 5. The Balaban J connectivity index is 3.94. The summed E-state index contributed by atoms with van der Waals surface area (Å²) in [5.41, 5.74) is 0. The van der Waals surface area contributed by atoms with E-state index in [9.17, 15) is 14.3 Å². The van der Waals surface area contributed by atoms with Crippen LogP contribution in [0.3, 0.4) is 0 Å². The molecule has 0 saturated heterocycles. The van der Waals surface area contributed by atoms with E-state index in [0.29, 0.717) is 11.5 Å². The van der Waals surface area contributed by atoms with Crippen LogP contribution in [0, 0.1) is 5.41 Å². The van der Waals surface area contributed by atoms with E-state index in [0.717, 1.165) is 6.42 Å². The Morgan fingerprint density at radius 1 is 1.45 bits per heavy atom. The van der Waals surface area contributed by atoms with Gasteiger partial charge < -0.3 is 10.00 Å². The second kappa shape index (κ2) is 10.5. The summed E-state index contributed by atoms with van der Waals surface area (Å²) in [7, 11) is -0.503. The van der Waals surface area contributed by atoms with Crippen molar-refractivity contribution in [3.63, 3.8) is 0 Å². The number of aliphatic carboxylic acids is 1. The first-order chi connectivity index (χ1) is 9.26. The summed E-state index contributed by atoms with van der Waals surface area (Å²) < 4.78 is 11.7. The highest BCUT2D eigenvalue weighted by atomic mass is 33.1. The van der Waals surface area contributed by atoms with Gasteiger partial charge in [0.1, 0.15) is 0 Å². The molecule has 8 heteroatoms. The molecule has 0 aliphatic rings. The SMILES string of the molecule is CC/C=C\C(=N)SSC(C)CCP(=O)(O)CCC(=O)O. The van der Waals surface area contributed by atoms with Crippen molar-refractivity contribution in [1.29, 1.82) is 5.41 Å². The van der Waals surface area contributed by atoms with E-state index < -0.39 is 13.3 Å². The van der Waals surface area contributed by atoms with Crippen LogP contribution >= 0.6 is 29.0 Å². The van der Waals surface area contributed by atoms with Crippen molar-refractivity contribution in [3.05, 3.63) is 12.2 Å². The molecule has 0 aliphatic heterocycles. The fraction of sp³-hybridized carbons (Fsp3) is 0.667. The Morgan fingerprint density at radius 3 is 2.65 bits per heavy atom. The van der Waals surface area contributed by atoms with Crippen molar-refractivity contribution in [3.8, 4) is 0 Å². The molecule has 20 heavy (non-hydrogen) atoms. The number of carbonyl (C=O) groups is 1. The highest BCUT2D eigenvalue weighted by Gasteiger charge is 2.20. The van der Waals surface area contributed by atoms with Gasteiger partial charge in [0.05, 0.1) is 11.5 Å². The van der Waals surface area contributed by atoms with Crippen LogP contribution in [0.15, 0.2) is 12.2 Å². The molecule has 2 atom stereocenters. The summed E-state index contributed by atoms with van der Waals surface area (Å²) in [5, 5.41) is 16.7. The van der Waals surface area contributed by atoms with E-state index in [1.165, 1.54) is 21.6 Å². The van der Waals surface area contributed by atoms with Gasteiger partial charge in [0.25, 0.3) is 0 Å². The normalized spacial score (nSPS) is 15.9. The van der Waals surface area contributed by atoms with E-state index in [4.69, 9.17) is 10.5 Å². The molecule has 0 rings (SSSR count). The van der Waals surface area contributed by atoms with E-state index in [2.05, 4.69) is 0 Å². The van der Waals surface area contributed by atoms with Gasteiger partial charge in [-0.25, -0.2) is 0 Å². The van der Waals surface area contributed by atoms with Crippen LogP contribution < -0.4 is 0 Å². The molecule has 0 bridgehead atoms. The third kappa shape index (κ3) is 11.6. The Bertz CT molecular complexity index is 401. The van der Waals surface area contributed by atoms with Gasteiger partial charge in [0.2, 0.25) is 7.37 Å². The first kappa shape index (κ1) is 19.8. The van der Waals surface area contributed by atoms with Crippen molar-refractivity contribution >= 4 is 40.0 Å². The van der Waals surface area contributed by atoms with Crippen molar-refractivity contribution in [2.24, 2.45) is 0 Å². The molecule has 0 aromatic carbocycles. The molecule has 116 valence electrons. The van der Waals surface area contributed by atoms with Gasteiger partial charge in [0.15, 0.2) is 0 Å². The van der Waals surface area contributed by atoms with Gasteiger partial charge in [0, 0.05) is 17.6 Å². The lowest BCUT2D eigenvalue weighted by molar-refractivity contribution is -0.136. The predicted molar refractivity (Wildman–Crippen MR) is 88.2 cm³/mol. The molecule has 0 heterocycles. The molecule has 2 unspecified atom stereocenters. The van der Waals surface area contributed by atoms with Crippen molar-refractivity contribution in [2.45, 2.75) is 38.4 Å². The molecule has 0 saturated carbocycles. The van der Waals surface area contributed by atoms with Gasteiger partial charge in [-0.1, -0.05) is 30.7 Å². The molecule has 0 aliphatic carbocycles. The molecule has 5 nitrogen and oxygen atoms in total. The van der Waals surface area contributed by atoms with Gasteiger partial charge in [-0.05, 0) is 29.7 Å². The molecular weight excluding hydrogens is 317 g/mol. The summed E-state index contributed by atoms with van der Waals surface area (Å²) >= 11 is 0. The third-order valence-corrected chi connectivity index (χ3v) is 7.04. The number of allylic oxidation sites excluding steroid dienone is 1. The summed E-state index contributed by atoms with van der Waals surface area (Å²) in [6, 6.07) is 0. The topological polar surface area (TPSA) is 98.5 Å². The Morgan fingerprint density at radius 2 is 2.10 bits per heavy atom. The van der Waals surface area contributed by atoms with E-state index in [1.807, 2.05) is 19.9 Å². The van der Waals surface area contributed by atoms with Crippen LogP contribution in [0.5, 0.6) is 0 Å². The molecule has 0 aromatic rings. The van der Waals surface area contributed by atoms with E-state index in [-0.39, 0.29) is 24.0 Å². The van der Waals surface area contributed by atoms with E-state index >= 15 is 0 Å². The minimum absolute atomic E-state index is 0.132. The second-order valence-electron chi connectivity index (χ2n) is 4.39. The summed E-state index contributed by atoms with van der Waals surface area (Å²) in [4.78, 5) is 20.0. The quantitative estimate of drug-likeness (QED) is 0.242. The average molecular weight is 339 g/mol. The molecule has 0 amide bonds. The standard InChI is InChI=1S/C12H22NO4PS2/c1-3-4-5-11(13)20-19-10(2)6-8-18(16,17)9-7-12(14)15/h4-5,10,13H,3,6-9H2,1-2H3,(H,14,15)(H,16,17)/b5-4-,13-11?. The zero-order valence-electron chi connectivity index (χ0n) is 11.7. The van der Waals surface area contributed by atoms with Crippen LogP contribution in [-0.4, -0.2) is 38.6 Å². The lowest BCUT2D eigenvalue weighted by Gasteiger charge is -2.13. The van der Waals surface area contributed by atoms with E-state index in [1.54, 1.807) is 6.08 Å². The van der Waals surface area contributed by atoms with Crippen molar-refractivity contribution < 1.29 is 19.4 Å². The Hall–Kier alpha value is -0.230. The van der Waals surface area contributed by atoms with Crippen LogP contribution in [0.25, 0.3) is 0 Å². The number of carboxylic acid groups (broad SMARTS) is 1.